The average Bonchev–Trinajstić information content (AvgIpc) is 2.43. The minimum atomic E-state index is -4.32. The first-order valence-corrected chi connectivity index (χ1v) is 11.3. The summed E-state index contributed by atoms with van der Waals surface area (Å²) in [5.74, 6) is -0.149. The van der Waals surface area contributed by atoms with Crippen molar-refractivity contribution in [2.75, 3.05) is 0 Å². The van der Waals surface area contributed by atoms with E-state index in [1.54, 1.807) is 45.2 Å². The van der Waals surface area contributed by atoms with Gasteiger partial charge in [0.15, 0.2) is 0 Å². The average molecular weight is 684 g/mol. The van der Waals surface area contributed by atoms with Crippen LogP contribution in [0.2, 0.25) is 0 Å². The van der Waals surface area contributed by atoms with E-state index >= 15 is 0 Å². The first kappa shape index (κ1) is 20.3. The summed E-state index contributed by atoms with van der Waals surface area (Å²) in [6.45, 7) is 0. The van der Waals surface area contributed by atoms with Crippen molar-refractivity contribution < 1.29 is 22.5 Å². The maximum absolute atomic E-state index is 12.0. The summed E-state index contributed by atoms with van der Waals surface area (Å²) in [6.07, 6.45) is 0.778. The van der Waals surface area contributed by atoms with Crippen molar-refractivity contribution in [3.05, 3.63) is 52.7 Å². The van der Waals surface area contributed by atoms with Gasteiger partial charge in [-0.2, -0.15) is 8.42 Å². The predicted molar refractivity (Wildman–Crippen MR) is 115 cm³/mol. The highest BCUT2D eigenvalue weighted by atomic mass is 127. The number of benzene rings is 2. The van der Waals surface area contributed by atoms with E-state index in [-0.39, 0.29) is 17.1 Å². The predicted octanol–water partition coefficient (Wildman–Crippen LogP) is 4.29. The molecule has 0 heterocycles. The first-order chi connectivity index (χ1) is 11.2. The highest BCUT2D eigenvalue weighted by Gasteiger charge is 2.20. The lowest BCUT2D eigenvalue weighted by molar-refractivity contribution is -0.134. The molecule has 0 atom stereocenters. The Hall–Kier alpha value is 0.01000. The van der Waals surface area contributed by atoms with Crippen LogP contribution in [0.5, 0.6) is 5.75 Å². The van der Waals surface area contributed by atoms with E-state index in [9.17, 15) is 17.8 Å². The van der Waals surface area contributed by atoms with Gasteiger partial charge >= 0.3 is 5.97 Å². The van der Waals surface area contributed by atoms with E-state index in [1.165, 1.54) is 12.1 Å². The Morgan fingerprint density at radius 2 is 1.71 bits per heavy atom. The van der Waals surface area contributed by atoms with Crippen LogP contribution in [0.15, 0.2) is 41.3 Å². The summed E-state index contributed by atoms with van der Waals surface area (Å²) >= 11 is 5.77. The van der Waals surface area contributed by atoms with Crippen LogP contribution in [0.4, 0.5) is 0 Å². The third kappa shape index (κ3) is 5.78. The van der Waals surface area contributed by atoms with Crippen molar-refractivity contribution in [3.8, 4) is 5.75 Å². The van der Waals surface area contributed by atoms with Crippen molar-refractivity contribution in [2.24, 2.45) is 0 Å². The number of esters is 1. The molecule has 0 radical (unpaired) electrons. The summed E-state index contributed by atoms with van der Waals surface area (Å²) in [7, 11) is -4.32. The van der Waals surface area contributed by atoms with Crippen LogP contribution < -0.4 is 4.74 Å². The van der Waals surface area contributed by atoms with Crippen molar-refractivity contribution in [2.45, 2.75) is 17.7 Å². The molecule has 0 unspecified atom stereocenters. The van der Waals surface area contributed by atoms with Crippen LogP contribution in [0.25, 0.3) is 0 Å². The van der Waals surface area contributed by atoms with Gasteiger partial charge in [-0.3, -0.25) is 9.35 Å². The number of hydrogen-bond acceptors (Lipinski definition) is 4. The molecule has 0 aliphatic rings. The Bertz CT molecular complexity index is 857. The highest BCUT2D eigenvalue weighted by molar-refractivity contribution is 14.1. The molecule has 128 valence electrons. The Morgan fingerprint density at radius 3 is 2.25 bits per heavy atom. The Labute approximate surface area is 180 Å². The van der Waals surface area contributed by atoms with E-state index in [2.05, 4.69) is 22.6 Å². The van der Waals surface area contributed by atoms with Gasteiger partial charge in [-0.05, 0) is 104 Å². The quantitative estimate of drug-likeness (QED) is 0.220. The number of aryl methyl sites for hydroxylation is 1. The van der Waals surface area contributed by atoms with Crippen LogP contribution in [0, 0.1) is 10.7 Å². The zero-order valence-corrected chi connectivity index (χ0v) is 19.3. The van der Waals surface area contributed by atoms with Gasteiger partial charge in [-0.1, -0.05) is 12.1 Å². The molecule has 0 saturated carbocycles. The standard InChI is InChI=1S/C15H11I3O5S/c16-10-3-1-2-9(6-10)4-5-14(19)23-11-7-12(17)15(13(18)8-11)24(20,21)22/h1-3,6-8H,4-5H2,(H,20,21,22). The van der Waals surface area contributed by atoms with Crippen LogP contribution in [0.1, 0.15) is 12.0 Å². The lowest BCUT2D eigenvalue weighted by atomic mass is 10.1. The van der Waals surface area contributed by atoms with E-state index in [0.717, 1.165) is 9.13 Å². The molecule has 0 aromatic heterocycles. The smallest absolute Gasteiger partial charge is 0.311 e. The maximum Gasteiger partial charge on any atom is 0.311 e. The van der Waals surface area contributed by atoms with Crippen molar-refractivity contribution in [1.82, 2.24) is 0 Å². The maximum atomic E-state index is 12.0. The fraction of sp³-hybridized carbons (Fsp3) is 0.133. The van der Waals surface area contributed by atoms with Gasteiger partial charge in [-0.15, -0.1) is 0 Å². The SMILES string of the molecule is O=C(CCc1cccc(I)c1)Oc1cc(I)c(S(=O)(=O)O)c(I)c1. The number of carbonyl (C=O) groups is 1. The highest BCUT2D eigenvalue weighted by Crippen LogP contribution is 2.29. The van der Waals surface area contributed by atoms with Crippen LogP contribution >= 0.6 is 67.8 Å². The minimum absolute atomic E-state index is 0.178. The first-order valence-electron chi connectivity index (χ1n) is 6.58. The van der Waals surface area contributed by atoms with Crippen LogP contribution in [-0.4, -0.2) is 18.9 Å². The van der Waals surface area contributed by atoms with Gasteiger partial charge in [0, 0.05) is 17.1 Å². The molecule has 24 heavy (non-hydrogen) atoms. The van der Waals surface area contributed by atoms with E-state index in [1.807, 2.05) is 24.3 Å². The second kappa shape index (κ2) is 8.60. The summed E-state index contributed by atoms with van der Waals surface area (Å²) in [5.41, 5.74) is 1.05. The molecule has 0 fully saturated rings. The summed E-state index contributed by atoms with van der Waals surface area (Å²) in [4.78, 5) is 11.8. The molecule has 2 aromatic rings. The number of hydrogen-bond donors (Lipinski definition) is 1. The van der Waals surface area contributed by atoms with Crippen LogP contribution in [0.3, 0.4) is 0 Å². The number of ether oxygens (including phenoxy) is 1. The zero-order valence-electron chi connectivity index (χ0n) is 12.0. The summed E-state index contributed by atoms with van der Waals surface area (Å²) < 4.78 is 38.8. The Balaban J connectivity index is 2.07. The van der Waals surface area contributed by atoms with E-state index in [4.69, 9.17) is 4.74 Å². The topological polar surface area (TPSA) is 80.7 Å². The lowest BCUT2D eigenvalue weighted by Crippen LogP contribution is -2.11. The summed E-state index contributed by atoms with van der Waals surface area (Å²) in [6, 6.07) is 10.7. The molecular weight excluding hydrogens is 673 g/mol. The second-order valence-electron chi connectivity index (χ2n) is 4.80. The Morgan fingerprint density at radius 1 is 1.08 bits per heavy atom. The van der Waals surface area contributed by atoms with Crippen molar-refractivity contribution in [3.63, 3.8) is 0 Å². The van der Waals surface area contributed by atoms with E-state index < -0.39 is 16.1 Å². The molecule has 0 aliphatic heterocycles. The molecule has 2 aromatic carbocycles. The third-order valence-electron chi connectivity index (χ3n) is 2.97. The van der Waals surface area contributed by atoms with Gasteiger partial charge < -0.3 is 4.74 Å². The third-order valence-corrected chi connectivity index (χ3v) is 7.03. The second-order valence-corrected chi connectivity index (χ2v) is 9.72. The van der Waals surface area contributed by atoms with Crippen molar-refractivity contribution >= 4 is 83.9 Å². The fourth-order valence-electron chi connectivity index (χ4n) is 1.96. The number of carbonyl (C=O) groups excluding carboxylic acids is 1. The normalized spacial score (nSPS) is 11.3. The summed E-state index contributed by atoms with van der Waals surface area (Å²) in [5, 5.41) is 0. The van der Waals surface area contributed by atoms with Gasteiger partial charge in [-0.25, -0.2) is 0 Å². The van der Waals surface area contributed by atoms with Gasteiger partial charge in [0.1, 0.15) is 10.6 Å². The molecule has 0 amide bonds. The number of halogens is 3. The molecule has 0 bridgehead atoms. The number of rotatable bonds is 5. The monoisotopic (exact) mass is 684 g/mol. The molecule has 0 saturated heterocycles. The minimum Gasteiger partial charge on any atom is -0.426 e. The molecule has 9 heteroatoms. The lowest BCUT2D eigenvalue weighted by Gasteiger charge is -2.09. The van der Waals surface area contributed by atoms with Crippen LogP contribution in [-0.2, 0) is 21.3 Å². The molecule has 0 aliphatic carbocycles. The molecule has 0 spiro atoms. The fourth-order valence-corrected chi connectivity index (χ4v) is 6.56. The zero-order chi connectivity index (χ0) is 17.9. The molecule has 5 nitrogen and oxygen atoms in total. The van der Waals surface area contributed by atoms with E-state index in [0.29, 0.717) is 13.6 Å². The molecule has 2 rings (SSSR count). The largest absolute Gasteiger partial charge is 0.426 e. The van der Waals surface area contributed by atoms with Crippen molar-refractivity contribution in [1.29, 1.82) is 0 Å². The Kier molecular flexibility index (Phi) is 7.28. The van der Waals surface area contributed by atoms with Gasteiger partial charge in [0.05, 0.1) is 0 Å². The van der Waals surface area contributed by atoms with Gasteiger partial charge in [0.2, 0.25) is 0 Å². The molecule has 1 N–H and O–H groups in total. The molecular formula is C15H11I3O5S. The van der Waals surface area contributed by atoms with Gasteiger partial charge in [0.25, 0.3) is 10.1 Å².